The number of likely N-dealkylation sites (tertiary alicyclic amines) is 1. The third-order valence-electron chi connectivity index (χ3n) is 1.98. The summed E-state index contributed by atoms with van der Waals surface area (Å²) in [5.74, 6) is 0. The smallest absolute Gasteiger partial charge is 0.0564 e. The van der Waals surface area contributed by atoms with Crippen molar-refractivity contribution in [3.05, 3.63) is 0 Å². The maximum atomic E-state index is 11.2. The molecule has 2 atom stereocenters. The lowest BCUT2D eigenvalue weighted by Gasteiger charge is -2.09. The van der Waals surface area contributed by atoms with Crippen molar-refractivity contribution in [2.75, 3.05) is 26.4 Å². The molecule has 0 amide bonds. The summed E-state index contributed by atoms with van der Waals surface area (Å²) in [6, 6.07) is 0. The second-order valence-corrected chi connectivity index (χ2v) is 5.55. The fraction of sp³-hybridized carbons (Fsp3) is 1.00. The SMILES string of the molecule is CN1CCC(S(C)(=N)=O)C1. The Bertz CT molecular complexity index is 210. The van der Waals surface area contributed by atoms with Gasteiger partial charge in [0.1, 0.15) is 0 Å². The Kier molecular flexibility index (Phi) is 2.01. The maximum Gasteiger partial charge on any atom is 0.0564 e. The molecule has 1 fully saturated rings. The number of rotatable bonds is 1. The lowest BCUT2D eigenvalue weighted by molar-refractivity contribution is 0.418. The van der Waals surface area contributed by atoms with Crippen molar-refractivity contribution in [2.24, 2.45) is 0 Å². The van der Waals surface area contributed by atoms with Crippen LogP contribution in [0.25, 0.3) is 0 Å². The lowest BCUT2D eigenvalue weighted by Crippen LogP contribution is -2.22. The van der Waals surface area contributed by atoms with Gasteiger partial charge in [-0.05, 0) is 20.0 Å². The molecule has 2 unspecified atom stereocenters. The van der Waals surface area contributed by atoms with Gasteiger partial charge in [0.15, 0.2) is 0 Å². The number of nitrogens with zero attached hydrogens (tertiary/aromatic N) is 1. The van der Waals surface area contributed by atoms with E-state index in [4.69, 9.17) is 4.78 Å². The molecule has 0 aromatic carbocycles. The van der Waals surface area contributed by atoms with E-state index in [1.54, 1.807) is 0 Å². The van der Waals surface area contributed by atoms with Crippen LogP contribution in [0.4, 0.5) is 0 Å². The average molecular weight is 162 g/mol. The summed E-state index contributed by atoms with van der Waals surface area (Å²) < 4.78 is 18.5. The molecule has 4 heteroatoms. The standard InChI is InChI=1S/C6H14N2OS/c1-8-4-3-6(5-8)10(2,7)9/h6-7H,3-5H2,1-2H3. The van der Waals surface area contributed by atoms with Gasteiger partial charge < -0.3 is 4.90 Å². The van der Waals surface area contributed by atoms with Crippen molar-refractivity contribution in [1.29, 1.82) is 4.78 Å². The average Bonchev–Trinajstić information content (AvgIpc) is 2.11. The zero-order chi connectivity index (χ0) is 7.78. The first-order valence-electron chi connectivity index (χ1n) is 3.41. The van der Waals surface area contributed by atoms with Crippen LogP contribution in [-0.4, -0.2) is 40.8 Å². The molecule has 60 valence electrons. The van der Waals surface area contributed by atoms with E-state index in [2.05, 4.69) is 4.90 Å². The van der Waals surface area contributed by atoms with Crippen LogP contribution < -0.4 is 0 Å². The lowest BCUT2D eigenvalue weighted by atomic mass is 10.4. The van der Waals surface area contributed by atoms with E-state index in [0.29, 0.717) is 0 Å². The Morgan fingerprint density at radius 3 is 2.50 bits per heavy atom. The first kappa shape index (κ1) is 8.01. The van der Waals surface area contributed by atoms with Gasteiger partial charge in [0, 0.05) is 22.5 Å². The molecule has 0 bridgehead atoms. The fourth-order valence-corrected chi connectivity index (χ4v) is 2.36. The number of hydrogen-bond acceptors (Lipinski definition) is 3. The topological polar surface area (TPSA) is 44.2 Å². The van der Waals surface area contributed by atoms with Gasteiger partial charge in [-0.1, -0.05) is 0 Å². The van der Waals surface area contributed by atoms with Crippen molar-refractivity contribution in [1.82, 2.24) is 4.90 Å². The van der Waals surface area contributed by atoms with Crippen LogP contribution in [0.15, 0.2) is 0 Å². The van der Waals surface area contributed by atoms with E-state index in [1.165, 1.54) is 6.26 Å². The number of hydrogen-bond donors (Lipinski definition) is 1. The first-order valence-corrected chi connectivity index (χ1v) is 5.44. The molecule has 1 aliphatic rings. The van der Waals surface area contributed by atoms with Crippen LogP contribution in [-0.2, 0) is 9.73 Å². The molecule has 0 aliphatic carbocycles. The molecule has 1 saturated heterocycles. The quantitative estimate of drug-likeness (QED) is 0.605. The van der Waals surface area contributed by atoms with Crippen molar-refractivity contribution < 1.29 is 4.21 Å². The highest BCUT2D eigenvalue weighted by molar-refractivity contribution is 7.92. The highest BCUT2D eigenvalue weighted by atomic mass is 32.2. The van der Waals surface area contributed by atoms with Crippen LogP contribution in [0.3, 0.4) is 0 Å². The molecule has 1 heterocycles. The van der Waals surface area contributed by atoms with Gasteiger partial charge in [0.05, 0.1) is 5.25 Å². The summed E-state index contributed by atoms with van der Waals surface area (Å²) in [6.45, 7) is 1.83. The maximum absolute atomic E-state index is 11.2. The Hall–Kier alpha value is -0.0900. The Morgan fingerprint density at radius 2 is 2.30 bits per heavy atom. The summed E-state index contributed by atoms with van der Waals surface area (Å²) >= 11 is 0. The Morgan fingerprint density at radius 1 is 1.70 bits per heavy atom. The monoisotopic (exact) mass is 162 g/mol. The molecular weight excluding hydrogens is 148 g/mol. The summed E-state index contributed by atoms with van der Waals surface area (Å²) in [5.41, 5.74) is 0. The molecule has 0 aromatic rings. The van der Waals surface area contributed by atoms with Gasteiger partial charge in [-0.25, -0.2) is 4.21 Å². The molecule has 0 saturated carbocycles. The summed E-state index contributed by atoms with van der Waals surface area (Å²) in [4.78, 5) is 2.13. The van der Waals surface area contributed by atoms with Crippen molar-refractivity contribution in [3.63, 3.8) is 0 Å². The zero-order valence-electron chi connectivity index (χ0n) is 6.46. The molecule has 0 spiro atoms. The highest BCUT2D eigenvalue weighted by Gasteiger charge is 2.25. The Labute approximate surface area is 62.4 Å². The van der Waals surface area contributed by atoms with E-state index < -0.39 is 9.73 Å². The minimum atomic E-state index is -2.28. The zero-order valence-corrected chi connectivity index (χ0v) is 7.28. The molecule has 0 aromatic heterocycles. The molecule has 1 N–H and O–H groups in total. The van der Waals surface area contributed by atoms with E-state index in [-0.39, 0.29) is 5.25 Å². The summed E-state index contributed by atoms with van der Waals surface area (Å²) in [6.07, 6.45) is 2.46. The third-order valence-corrected chi connectivity index (χ3v) is 3.64. The largest absolute Gasteiger partial charge is 0.305 e. The van der Waals surface area contributed by atoms with Gasteiger partial charge >= 0.3 is 0 Å². The molecule has 3 nitrogen and oxygen atoms in total. The highest BCUT2D eigenvalue weighted by Crippen LogP contribution is 2.14. The third kappa shape index (κ3) is 1.70. The molecule has 0 radical (unpaired) electrons. The van der Waals surface area contributed by atoms with E-state index in [0.717, 1.165) is 19.5 Å². The van der Waals surface area contributed by atoms with Gasteiger partial charge in [-0.15, -0.1) is 0 Å². The normalized spacial score (nSPS) is 34.0. The molecule has 1 rings (SSSR count). The van der Waals surface area contributed by atoms with Gasteiger partial charge in [0.2, 0.25) is 0 Å². The van der Waals surface area contributed by atoms with Gasteiger partial charge in [0.25, 0.3) is 0 Å². The van der Waals surface area contributed by atoms with Gasteiger partial charge in [-0.3, -0.25) is 4.78 Å². The molecule has 10 heavy (non-hydrogen) atoms. The minimum absolute atomic E-state index is 0.109. The predicted molar refractivity (Wildman–Crippen MR) is 42.7 cm³/mol. The van der Waals surface area contributed by atoms with E-state index in [9.17, 15) is 4.21 Å². The van der Waals surface area contributed by atoms with Gasteiger partial charge in [-0.2, -0.15) is 0 Å². The Balaban J connectivity index is 2.62. The van der Waals surface area contributed by atoms with Crippen molar-refractivity contribution >= 4 is 9.73 Å². The van der Waals surface area contributed by atoms with Crippen LogP contribution in [0.1, 0.15) is 6.42 Å². The van der Waals surface area contributed by atoms with Crippen LogP contribution in [0.5, 0.6) is 0 Å². The summed E-state index contributed by atoms with van der Waals surface area (Å²) in [7, 11) is -0.272. The van der Waals surface area contributed by atoms with Crippen molar-refractivity contribution in [2.45, 2.75) is 11.7 Å². The van der Waals surface area contributed by atoms with Crippen molar-refractivity contribution in [3.8, 4) is 0 Å². The summed E-state index contributed by atoms with van der Waals surface area (Å²) in [5, 5.41) is 0.109. The minimum Gasteiger partial charge on any atom is -0.305 e. The first-order chi connectivity index (χ1) is 4.50. The fourth-order valence-electron chi connectivity index (χ4n) is 1.26. The van der Waals surface area contributed by atoms with Crippen LogP contribution >= 0.6 is 0 Å². The molecular formula is C6H14N2OS. The second-order valence-electron chi connectivity index (χ2n) is 3.08. The molecule has 1 aliphatic heterocycles. The van der Waals surface area contributed by atoms with Crippen LogP contribution in [0.2, 0.25) is 0 Å². The second kappa shape index (κ2) is 2.51. The predicted octanol–water partition coefficient (Wildman–Crippen LogP) is 0.367. The number of nitrogens with one attached hydrogen (secondary N) is 1. The van der Waals surface area contributed by atoms with Crippen LogP contribution in [0, 0.1) is 4.78 Å². The van der Waals surface area contributed by atoms with E-state index >= 15 is 0 Å². The van der Waals surface area contributed by atoms with E-state index in [1.807, 2.05) is 7.05 Å².